The SMILES string of the molecule is CCNC(CC)c1nc(C(C)C)no1. The van der Waals surface area contributed by atoms with Crippen LogP contribution in [0.1, 0.15) is 57.8 Å². The zero-order valence-electron chi connectivity index (χ0n) is 9.37. The molecule has 0 saturated heterocycles. The third-order valence-electron chi connectivity index (χ3n) is 2.13. The van der Waals surface area contributed by atoms with Gasteiger partial charge in [-0.05, 0) is 13.0 Å². The van der Waals surface area contributed by atoms with Crippen molar-refractivity contribution in [1.29, 1.82) is 0 Å². The predicted octanol–water partition coefficient (Wildman–Crippen LogP) is 2.25. The zero-order valence-corrected chi connectivity index (χ0v) is 9.37. The number of nitrogens with zero attached hydrogens (tertiary/aromatic N) is 2. The smallest absolute Gasteiger partial charge is 0.243 e. The van der Waals surface area contributed by atoms with Crippen molar-refractivity contribution in [2.24, 2.45) is 0 Å². The lowest BCUT2D eigenvalue weighted by Gasteiger charge is -2.09. The van der Waals surface area contributed by atoms with Gasteiger partial charge in [-0.1, -0.05) is 32.9 Å². The molecule has 0 aliphatic carbocycles. The topological polar surface area (TPSA) is 51.0 Å². The van der Waals surface area contributed by atoms with E-state index in [2.05, 4.69) is 43.2 Å². The molecule has 1 aromatic rings. The minimum atomic E-state index is 0.194. The van der Waals surface area contributed by atoms with Crippen LogP contribution in [0, 0.1) is 0 Å². The van der Waals surface area contributed by atoms with Gasteiger partial charge in [0.1, 0.15) is 0 Å². The lowest BCUT2D eigenvalue weighted by Crippen LogP contribution is -2.20. The molecule has 0 amide bonds. The molecule has 14 heavy (non-hydrogen) atoms. The van der Waals surface area contributed by atoms with Gasteiger partial charge in [0.2, 0.25) is 5.89 Å². The predicted molar refractivity (Wildman–Crippen MR) is 55.1 cm³/mol. The van der Waals surface area contributed by atoms with Crippen LogP contribution >= 0.6 is 0 Å². The average molecular weight is 197 g/mol. The Morgan fingerprint density at radius 1 is 1.36 bits per heavy atom. The highest BCUT2D eigenvalue weighted by Gasteiger charge is 2.16. The Kier molecular flexibility index (Phi) is 4.07. The molecular weight excluding hydrogens is 178 g/mol. The number of rotatable bonds is 5. The van der Waals surface area contributed by atoms with Crippen molar-refractivity contribution in [3.63, 3.8) is 0 Å². The summed E-state index contributed by atoms with van der Waals surface area (Å²) in [5, 5.41) is 7.25. The highest BCUT2D eigenvalue weighted by Crippen LogP contribution is 2.17. The molecule has 0 bridgehead atoms. The van der Waals surface area contributed by atoms with Gasteiger partial charge in [-0.2, -0.15) is 4.98 Å². The van der Waals surface area contributed by atoms with E-state index < -0.39 is 0 Å². The molecule has 1 N–H and O–H groups in total. The number of hydrogen-bond acceptors (Lipinski definition) is 4. The maximum atomic E-state index is 5.21. The molecule has 4 nitrogen and oxygen atoms in total. The Morgan fingerprint density at radius 2 is 2.07 bits per heavy atom. The number of nitrogens with one attached hydrogen (secondary N) is 1. The Balaban J connectivity index is 2.73. The van der Waals surface area contributed by atoms with E-state index in [4.69, 9.17) is 4.52 Å². The molecule has 1 heterocycles. The van der Waals surface area contributed by atoms with Gasteiger partial charge in [-0.25, -0.2) is 0 Å². The number of aromatic nitrogens is 2. The first-order valence-electron chi connectivity index (χ1n) is 5.25. The summed E-state index contributed by atoms with van der Waals surface area (Å²) in [5.74, 6) is 1.82. The Labute approximate surface area is 85.1 Å². The molecule has 4 heteroatoms. The summed E-state index contributed by atoms with van der Waals surface area (Å²) in [6.07, 6.45) is 0.966. The zero-order chi connectivity index (χ0) is 10.6. The summed E-state index contributed by atoms with van der Waals surface area (Å²) in [7, 11) is 0. The fraction of sp³-hybridized carbons (Fsp3) is 0.800. The fourth-order valence-electron chi connectivity index (χ4n) is 1.28. The van der Waals surface area contributed by atoms with Crippen LogP contribution in [0.5, 0.6) is 0 Å². The van der Waals surface area contributed by atoms with Crippen LogP contribution in [0.2, 0.25) is 0 Å². The van der Waals surface area contributed by atoms with E-state index in [9.17, 15) is 0 Å². The molecule has 0 radical (unpaired) electrons. The second-order valence-corrected chi connectivity index (χ2v) is 3.66. The third kappa shape index (κ3) is 2.54. The van der Waals surface area contributed by atoms with Crippen molar-refractivity contribution in [3.05, 3.63) is 11.7 Å². The van der Waals surface area contributed by atoms with Crippen LogP contribution < -0.4 is 5.32 Å². The molecule has 1 unspecified atom stereocenters. The normalized spacial score (nSPS) is 13.5. The highest BCUT2D eigenvalue weighted by atomic mass is 16.5. The monoisotopic (exact) mass is 197 g/mol. The van der Waals surface area contributed by atoms with E-state index in [-0.39, 0.29) is 6.04 Å². The van der Waals surface area contributed by atoms with Crippen LogP contribution in [0.4, 0.5) is 0 Å². The lowest BCUT2D eigenvalue weighted by molar-refractivity contribution is 0.325. The lowest BCUT2D eigenvalue weighted by atomic mass is 10.2. The quantitative estimate of drug-likeness (QED) is 0.786. The van der Waals surface area contributed by atoms with Gasteiger partial charge in [0.05, 0.1) is 6.04 Å². The molecule has 1 rings (SSSR count). The summed E-state index contributed by atoms with van der Waals surface area (Å²) >= 11 is 0. The van der Waals surface area contributed by atoms with Gasteiger partial charge in [0, 0.05) is 5.92 Å². The highest BCUT2D eigenvalue weighted by molar-refractivity contribution is 4.95. The van der Waals surface area contributed by atoms with Gasteiger partial charge >= 0.3 is 0 Å². The molecule has 0 spiro atoms. The van der Waals surface area contributed by atoms with Gasteiger partial charge < -0.3 is 9.84 Å². The van der Waals surface area contributed by atoms with Crippen LogP contribution in [0.25, 0.3) is 0 Å². The first kappa shape index (κ1) is 11.2. The van der Waals surface area contributed by atoms with Crippen molar-refractivity contribution in [2.45, 2.75) is 46.1 Å². The molecule has 1 aromatic heterocycles. The van der Waals surface area contributed by atoms with E-state index in [1.165, 1.54) is 0 Å². The van der Waals surface area contributed by atoms with Crippen molar-refractivity contribution >= 4 is 0 Å². The summed E-state index contributed by atoms with van der Waals surface area (Å²) in [5.41, 5.74) is 0. The van der Waals surface area contributed by atoms with Crippen molar-refractivity contribution < 1.29 is 4.52 Å². The van der Waals surface area contributed by atoms with E-state index in [0.717, 1.165) is 18.8 Å². The van der Waals surface area contributed by atoms with Crippen LogP contribution in [-0.4, -0.2) is 16.7 Å². The van der Waals surface area contributed by atoms with Crippen LogP contribution in [0.15, 0.2) is 4.52 Å². The summed E-state index contributed by atoms with van der Waals surface area (Å²) < 4.78 is 5.21. The molecular formula is C10H19N3O. The minimum absolute atomic E-state index is 0.194. The van der Waals surface area contributed by atoms with E-state index in [1.54, 1.807) is 0 Å². The van der Waals surface area contributed by atoms with Gasteiger partial charge in [-0.3, -0.25) is 0 Å². The second-order valence-electron chi connectivity index (χ2n) is 3.66. The average Bonchev–Trinajstić information content (AvgIpc) is 2.63. The fourth-order valence-corrected chi connectivity index (χ4v) is 1.28. The standard InChI is InChI=1S/C10H19N3O/c1-5-8(11-6-2)10-12-9(7(3)4)13-14-10/h7-8,11H,5-6H2,1-4H3. The molecule has 80 valence electrons. The molecule has 0 saturated carbocycles. The molecule has 0 aliphatic heterocycles. The van der Waals surface area contributed by atoms with Gasteiger partial charge in [0.25, 0.3) is 0 Å². The van der Waals surface area contributed by atoms with E-state index in [0.29, 0.717) is 11.8 Å². The van der Waals surface area contributed by atoms with Gasteiger partial charge in [-0.15, -0.1) is 0 Å². The van der Waals surface area contributed by atoms with E-state index in [1.807, 2.05) is 0 Å². The maximum Gasteiger partial charge on any atom is 0.243 e. The van der Waals surface area contributed by atoms with Crippen molar-refractivity contribution in [3.8, 4) is 0 Å². The first-order chi connectivity index (χ1) is 6.69. The second kappa shape index (κ2) is 5.10. The third-order valence-corrected chi connectivity index (χ3v) is 2.13. The van der Waals surface area contributed by atoms with Gasteiger partial charge in [0.15, 0.2) is 5.82 Å². The summed E-state index contributed by atoms with van der Waals surface area (Å²) in [6, 6.07) is 0.194. The number of hydrogen-bond donors (Lipinski definition) is 1. The Bertz CT molecular complexity index is 270. The first-order valence-corrected chi connectivity index (χ1v) is 5.25. The molecule has 0 fully saturated rings. The molecule has 0 aliphatic rings. The maximum absolute atomic E-state index is 5.21. The molecule has 0 aromatic carbocycles. The van der Waals surface area contributed by atoms with Crippen LogP contribution in [0.3, 0.4) is 0 Å². The largest absolute Gasteiger partial charge is 0.338 e. The summed E-state index contributed by atoms with van der Waals surface area (Å²) in [6.45, 7) is 9.21. The van der Waals surface area contributed by atoms with Crippen LogP contribution in [-0.2, 0) is 0 Å². The molecule has 1 atom stereocenters. The minimum Gasteiger partial charge on any atom is -0.338 e. The van der Waals surface area contributed by atoms with Crippen molar-refractivity contribution in [1.82, 2.24) is 15.5 Å². The Morgan fingerprint density at radius 3 is 2.50 bits per heavy atom. The van der Waals surface area contributed by atoms with E-state index >= 15 is 0 Å². The summed E-state index contributed by atoms with van der Waals surface area (Å²) in [4.78, 5) is 4.36. The Hall–Kier alpha value is -0.900. The van der Waals surface area contributed by atoms with Crippen molar-refractivity contribution in [2.75, 3.05) is 6.54 Å².